The van der Waals surface area contributed by atoms with Crippen molar-refractivity contribution < 1.29 is 28.8 Å². The summed E-state index contributed by atoms with van der Waals surface area (Å²) in [5.41, 5.74) is 3.08. The van der Waals surface area contributed by atoms with Crippen molar-refractivity contribution in [2.24, 2.45) is 11.8 Å². The average Bonchev–Trinajstić information content (AvgIpc) is 4.08. The molecule has 16 heteroatoms. The van der Waals surface area contributed by atoms with E-state index in [1.54, 1.807) is 36.4 Å². The van der Waals surface area contributed by atoms with Crippen LogP contribution in [0.1, 0.15) is 69.3 Å². The van der Waals surface area contributed by atoms with Gasteiger partial charge in [0, 0.05) is 30.1 Å². The first-order valence-corrected chi connectivity index (χ1v) is 21.2. The molecule has 6 nitrogen and oxygen atoms in total. The summed E-state index contributed by atoms with van der Waals surface area (Å²) < 4.78 is 1.99. The smallest absolute Gasteiger partial charge is 0.253 e. The molecule has 4 aromatic rings. The van der Waals surface area contributed by atoms with Crippen LogP contribution < -0.4 is 0 Å². The molecular weight excluding hydrogens is 1100 g/mol. The average molecular weight is 1130 g/mol. The van der Waals surface area contributed by atoms with Crippen LogP contribution in [0.25, 0.3) is 0 Å². The monoisotopic (exact) mass is 1130 g/mol. The van der Waals surface area contributed by atoms with E-state index in [4.69, 9.17) is 92.8 Å². The molecule has 0 N–H and O–H groups in total. The number of carbonyl (C=O) groups excluding carboxylic acids is 6. The Labute approximate surface area is 387 Å². The molecular formula is C39H32Cl8I2O6. The second-order valence-corrected chi connectivity index (χ2v) is 16.9. The van der Waals surface area contributed by atoms with Gasteiger partial charge in [0.2, 0.25) is 21.0 Å². The van der Waals surface area contributed by atoms with Gasteiger partial charge in [0.15, 0.2) is 0 Å². The summed E-state index contributed by atoms with van der Waals surface area (Å²) in [6.07, 6.45) is 2.96. The maximum atomic E-state index is 10.8. The lowest BCUT2D eigenvalue weighted by molar-refractivity contribution is -0.113. The minimum absolute atomic E-state index is 0.0778. The number of hydrogen-bond donors (Lipinski definition) is 0. The van der Waals surface area contributed by atoms with E-state index in [1.165, 1.54) is 12.5 Å². The summed E-state index contributed by atoms with van der Waals surface area (Å²) in [6.45, 7) is 1.52. The summed E-state index contributed by atoms with van der Waals surface area (Å²) in [7, 11) is 0. The van der Waals surface area contributed by atoms with Crippen molar-refractivity contribution in [3.05, 3.63) is 139 Å². The predicted molar refractivity (Wildman–Crippen MR) is 242 cm³/mol. The van der Waals surface area contributed by atoms with Gasteiger partial charge in [0.25, 0.3) is 10.5 Å². The summed E-state index contributed by atoms with van der Waals surface area (Å²) in [6, 6.07) is 33.3. The molecule has 0 saturated heterocycles. The maximum absolute atomic E-state index is 10.8. The van der Waals surface area contributed by atoms with Crippen LogP contribution in [0, 0.1) is 19.0 Å². The van der Waals surface area contributed by atoms with Gasteiger partial charge < -0.3 is 0 Å². The maximum Gasteiger partial charge on any atom is 0.253 e. The Morgan fingerprint density at radius 3 is 1.40 bits per heavy atom. The Morgan fingerprint density at radius 1 is 0.600 bits per heavy atom. The molecule has 294 valence electrons. The van der Waals surface area contributed by atoms with Gasteiger partial charge in [-0.15, -0.1) is 23.2 Å². The highest BCUT2D eigenvalue weighted by Crippen LogP contribution is 2.48. The number of carbonyl (C=O) groups is 6. The Balaban J connectivity index is 0.000000336. The van der Waals surface area contributed by atoms with Crippen molar-refractivity contribution in [3.8, 4) is 0 Å². The summed E-state index contributed by atoms with van der Waals surface area (Å²) in [5, 5.41) is -3.47. The highest BCUT2D eigenvalue weighted by molar-refractivity contribution is 14.1. The topological polar surface area (TPSA) is 102 Å². The molecule has 0 aliphatic heterocycles. The lowest BCUT2D eigenvalue weighted by Crippen LogP contribution is -1.99. The van der Waals surface area contributed by atoms with E-state index < -0.39 is 31.7 Å². The van der Waals surface area contributed by atoms with Crippen LogP contribution in [0.5, 0.6) is 0 Å². The minimum Gasteiger partial charge on any atom is -0.281 e. The summed E-state index contributed by atoms with van der Waals surface area (Å²) >= 11 is 46.0. The van der Waals surface area contributed by atoms with Gasteiger partial charge in [-0.2, -0.15) is 0 Å². The van der Waals surface area contributed by atoms with E-state index in [9.17, 15) is 28.8 Å². The Bertz CT molecular complexity index is 1830. The molecule has 0 radical (unpaired) electrons. The SMILES string of the molecule is CC(Cl)C(=O)Cl.O=C(Cl)C(Cl)c1ccccc1.O=C(Cl)C1CC1.O=C(Cl)[C@@H]1C[C@H]1c1ccccc1.O=C(Cl)c1ccc(I)cc1.O=C(Cl)c1ccccc1I. The second-order valence-electron chi connectivity index (χ2n) is 11.3. The van der Waals surface area contributed by atoms with E-state index in [1.807, 2.05) is 72.8 Å². The van der Waals surface area contributed by atoms with Gasteiger partial charge in [0.1, 0.15) is 10.8 Å². The van der Waals surface area contributed by atoms with Gasteiger partial charge >= 0.3 is 0 Å². The van der Waals surface area contributed by atoms with Crippen LogP contribution in [-0.4, -0.2) is 36.8 Å². The molecule has 6 rings (SSSR count). The van der Waals surface area contributed by atoms with Crippen LogP contribution in [-0.2, 0) is 19.2 Å². The van der Waals surface area contributed by atoms with Crippen LogP contribution in [0.4, 0.5) is 0 Å². The first-order chi connectivity index (χ1) is 25.9. The van der Waals surface area contributed by atoms with Gasteiger partial charge in [-0.25, -0.2) is 0 Å². The van der Waals surface area contributed by atoms with Gasteiger partial charge in [0.05, 0.1) is 0 Å². The molecule has 0 amide bonds. The molecule has 0 bridgehead atoms. The molecule has 2 fully saturated rings. The zero-order valence-electron chi connectivity index (χ0n) is 28.6. The lowest BCUT2D eigenvalue weighted by atomic mass is 10.1. The number of halogens is 10. The third kappa shape index (κ3) is 23.0. The molecule has 0 spiro atoms. The number of benzene rings is 4. The van der Waals surface area contributed by atoms with E-state index in [0.717, 1.165) is 32.0 Å². The Kier molecular flexibility index (Phi) is 26.5. The van der Waals surface area contributed by atoms with Crippen molar-refractivity contribution >= 4 is 169 Å². The van der Waals surface area contributed by atoms with Crippen molar-refractivity contribution in [2.45, 2.75) is 42.9 Å². The number of hydrogen-bond acceptors (Lipinski definition) is 6. The lowest BCUT2D eigenvalue weighted by Gasteiger charge is -2.01. The predicted octanol–water partition coefficient (Wildman–Crippen LogP) is 13.2. The second kappa shape index (κ2) is 28.2. The molecule has 2 unspecified atom stereocenters. The van der Waals surface area contributed by atoms with Crippen LogP contribution in [0.2, 0.25) is 0 Å². The zero-order valence-corrected chi connectivity index (χ0v) is 39.0. The van der Waals surface area contributed by atoms with Gasteiger partial charge in [-0.05, 0) is 194 Å². The quantitative estimate of drug-likeness (QED) is 0.0989. The molecule has 0 aromatic heterocycles. The molecule has 55 heavy (non-hydrogen) atoms. The molecule has 4 atom stereocenters. The van der Waals surface area contributed by atoms with Crippen LogP contribution in [0.3, 0.4) is 0 Å². The van der Waals surface area contributed by atoms with E-state index in [0.29, 0.717) is 17.0 Å². The van der Waals surface area contributed by atoms with Gasteiger partial charge in [-0.3, -0.25) is 28.8 Å². The van der Waals surface area contributed by atoms with Crippen molar-refractivity contribution in [2.75, 3.05) is 0 Å². The van der Waals surface area contributed by atoms with Crippen molar-refractivity contribution in [3.63, 3.8) is 0 Å². The number of alkyl halides is 2. The number of rotatable bonds is 8. The molecule has 4 aromatic carbocycles. The van der Waals surface area contributed by atoms with E-state index >= 15 is 0 Å². The highest BCUT2D eigenvalue weighted by Gasteiger charge is 2.42. The minimum atomic E-state index is -0.724. The first kappa shape index (κ1) is 51.7. The van der Waals surface area contributed by atoms with Crippen molar-refractivity contribution in [1.29, 1.82) is 0 Å². The van der Waals surface area contributed by atoms with E-state index in [2.05, 4.69) is 45.2 Å². The normalized spacial score (nSPS) is 15.5. The summed E-state index contributed by atoms with van der Waals surface area (Å²) in [5.74, 6) is 0.692. The van der Waals surface area contributed by atoms with E-state index in [-0.39, 0.29) is 22.3 Å². The summed E-state index contributed by atoms with van der Waals surface area (Å²) in [4.78, 5) is 62.2. The molecule has 2 aliphatic rings. The fourth-order valence-electron chi connectivity index (χ4n) is 3.78. The van der Waals surface area contributed by atoms with Gasteiger partial charge in [-0.1, -0.05) is 72.8 Å². The van der Waals surface area contributed by atoms with Crippen LogP contribution in [0.15, 0.2) is 109 Å². The fourth-order valence-corrected chi connectivity index (χ4v) is 5.95. The largest absolute Gasteiger partial charge is 0.281 e. The Morgan fingerprint density at radius 2 is 1.07 bits per heavy atom. The third-order valence-electron chi connectivity index (χ3n) is 6.97. The third-order valence-corrected chi connectivity index (χ3v) is 11.1. The standard InChI is InChI=1S/C10H9ClO.C8H6Cl2O.2C7H4ClIO.C4H5ClO.C3H4Cl2O/c11-10(12)9-6-8(9)7-4-2-1-3-5-7;9-7(8(10)11)6-4-2-1-3-5-6;8-7(10)5-1-3-6(9)4-2-5;8-7(10)5-3-1-2-4-6(5)9;5-4(6)3-1-2-3;1-2(4)3(5)6/h1-5,8-9H,6H2;1-5,7H;2*1-4H;3H,1-2H2;2H,1H3/t8-,9+;;;;;/m0...../s1. The molecule has 0 heterocycles. The molecule has 2 aliphatic carbocycles. The van der Waals surface area contributed by atoms with Crippen molar-refractivity contribution in [1.82, 2.24) is 0 Å². The fraction of sp³-hybridized carbons (Fsp3) is 0.231. The molecule has 2 saturated carbocycles. The first-order valence-electron chi connectivity index (χ1n) is 15.9. The Hall–Kier alpha value is -1.32. The van der Waals surface area contributed by atoms with Crippen LogP contribution >= 0.6 is 138 Å². The zero-order chi connectivity index (χ0) is 41.7. The highest BCUT2D eigenvalue weighted by atomic mass is 127.